The number of benzene rings is 1. The van der Waals surface area contributed by atoms with Crippen molar-refractivity contribution in [1.29, 1.82) is 0 Å². The third kappa shape index (κ3) is 4.97. The minimum atomic E-state index is -0.881. The van der Waals surface area contributed by atoms with Gasteiger partial charge in [0.25, 0.3) is 17.2 Å². The van der Waals surface area contributed by atoms with Gasteiger partial charge >= 0.3 is 5.97 Å². The number of nitrogens with zero attached hydrogens (tertiary/aromatic N) is 5. The second kappa shape index (κ2) is 10.7. The second-order valence-corrected chi connectivity index (χ2v) is 8.08. The highest BCUT2D eigenvalue weighted by atomic mass is 35.5. The lowest BCUT2D eigenvalue weighted by molar-refractivity contribution is -0.384. The molecule has 0 unspecified atom stereocenters. The average Bonchev–Trinajstić information content (AvgIpc) is 2.88. The van der Waals surface area contributed by atoms with Crippen molar-refractivity contribution in [2.75, 3.05) is 20.3 Å². The Morgan fingerprint density at radius 3 is 2.70 bits per heavy atom. The van der Waals surface area contributed by atoms with Gasteiger partial charge < -0.3 is 14.0 Å². The lowest BCUT2D eigenvalue weighted by atomic mass is 10.2. The lowest BCUT2D eigenvalue weighted by Crippen LogP contribution is -2.33. The number of nitro benzene ring substituents is 1. The summed E-state index contributed by atoms with van der Waals surface area (Å²) in [6, 6.07) is 9.78. The van der Waals surface area contributed by atoms with Gasteiger partial charge in [0, 0.05) is 31.5 Å². The Balaban J connectivity index is 2.09. The molecule has 0 radical (unpaired) electrons. The lowest BCUT2D eigenvalue weighted by Gasteiger charge is -2.14. The van der Waals surface area contributed by atoms with Crippen molar-refractivity contribution in [1.82, 2.24) is 14.0 Å². The molecule has 0 saturated carbocycles. The van der Waals surface area contributed by atoms with Crippen molar-refractivity contribution in [3.05, 3.63) is 90.8 Å². The Labute approximate surface area is 213 Å². The summed E-state index contributed by atoms with van der Waals surface area (Å²) >= 11 is 5.87. The maximum Gasteiger partial charge on any atom is 0.341 e. The first-order valence-electron chi connectivity index (χ1n) is 11.0. The van der Waals surface area contributed by atoms with E-state index < -0.39 is 28.0 Å². The topological polar surface area (TPSA) is 147 Å². The highest BCUT2D eigenvalue weighted by molar-refractivity contribution is 6.32. The molecule has 3 heterocycles. The van der Waals surface area contributed by atoms with Gasteiger partial charge in [-0.2, -0.15) is 4.99 Å². The number of hydrogen-bond donors (Lipinski definition) is 0. The first kappa shape index (κ1) is 25.7. The van der Waals surface area contributed by atoms with Gasteiger partial charge in [0.15, 0.2) is 5.49 Å². The monoisotopic (exact) mass is 525 g/mol. The molecule has 0 atom stereocenters. The van der Waals surface area contributed by atoms with Crippen molar-refractivity contribution in [3.8, 4) is 0 Å². The van der Waals surface area contributed by atoms with Crippen molar-refractivity contribution in [2.24, 2.45) is 4.99 Å². The Morgan fingerprint density at radius 2 is 2.00 bits per heavy atom. The molecule has 4 aromatic rings. The van der Waals surface area contributed by atoms with Crippen LogP contribution in [-0.2, 0) is 16.0 Å². The van der Waals surface area contributed by atoms with Crippen LogP contribution >= 0.6 is 11.6 Å². The number of fused-ring (bicyclic) bond motifs is 2. The van der Waals surface area contributed by atoms with Gasteiger partial charge in [-0.1, -0.05) is 17.7 Å². The van der Waals surface area contributed by atoms with Crippen molar-refractivity contribution >= 4 is 45.8 Å². The van der Waals surface area contributed by atoms with Crippen LogP contribution in [0.4, 0.5) is 5.69 Å². The van der Waals surface area contributed by atoms with Crippen LogP contribution in [0.15, 0.2) is 58.4 Å². The van der Waals surface area contributed by atoms with E-state index in [4.69, 9.17) is 21.1 Å². The van der Waals surface area contributed by atoms with Crippen LogP contribution in [0.25, 0.3) is 16.7 Å². The summed E-state index contributed by atoms with van der Waals surface area (Å²) in [5.41, 5.74) is -0.843. The molecule has 0 saturated heterocycles. The van der Waals surface area contributed by atoms with Gasteiger partial charge in [-0.05, 0) is 37.3 Å². The molecule has 1 amide bonds. The summed E-state index contributed by atoms with van der Waals surface area (Å²) in [5, 5.41) is 11.2. The molecule has 0 aliphatic carbocycles. The van der Waals surface area contributed by atoms with Crippen LogP contribution in [0.5, 0.6) is 0 Å². The molecule has 0 N–H and O–H groups in total. The third-order valence-corrected chi connectivity index (χ3v) is 5.72. The van der Waals surface area contributed by atoms with Gasteiger partial charge in [-0.3, -0.25) is 24.1 Å². The summed E-state index contributed by atoms with van der Waals surface area (Å²) in [4.78, 5) is 58.7. The van der Waals surface area contributed by atoms with Gasteiger partial charge in [-0.15, -0.1) is 0 Å². The summed E-state index contributed by atoms with van der Waals surface area (Å²) in [6.07, 6.45) is 1.54. The van der Waals surface area contributed by atoms with E-state index in [1.807, 2.05) is 0 Å². The normalized spacial score (nSPS) is 11.7. The van der Waals surface area contributed by atoms with Crippen LogP contribution in [0.3, 0.4) is 0 Å². The van der Waals surface area contributed by atoms with Crippen LogP contribution in [0.2, 0.25) is 5.02 Å². The molecule has 37 heavy (non-hydrogen) atoms. The fourth-order valence-electron chi connectivity index (χ4n) is 3.70. The third-order valence-electron chi connectivity index (χ3n) is 5.40. The summed E-state index contributed by atoms with van der Waals surface area (Å²) in [5.74, 6) is -1.70. The highest BCUT2D eigenvalue weighted by Crippen LogP contribution is 2.25. The van der Waals surface area contributed by atoms with Crippen LogP contribution in [0, 0.1) is 10.1 Å². The zero-order valence-corrected chi connectivity index (χ0v) is 20.5. The quantitative estimate of drug-likeness (QED) is 0.155. The first-order valence-corrected chi connectivity index (χ1v) is 11.4. The van der Waals surface area contributed by atoms with Crippen LogP contribution in [-0.4, -0.2) is 51.1 Å². The Morgan fingerprint density at radius 1 is 1.22 bits per heavy atom. The van der Waals surface area contributed by atoms with Crippen molar-refractivity contribution in [3.63, 3.8) is 0 Å². The predicted molar refractivity (Wildman–Crippen MR) is 133 cm³/mol. The molecule has 12 nitrogen and oxygen atoms in total. The largest absolute Gasteiger partial charge is 0.462 e. The van der Waals surface area contributed by atoms with E-state index in [1.54, 1.807) is 31.3 Å². The van der Waals surface area contributed by atoms with E-state index in [0.717, 1.165) is 6.07 Å². The number of carbonyl (C=O) groups excluding carboxylic acids is 2. The van der Waals surface area contributed by atoms with E-state index in [9.17, 15) is 24.5 Å². The number of aromatic nitrogens is 3. The maximum absolute atomic E-state index is 13.3. The fraction of sp³-hybridized carbons (Fsp3) is 0.208. The minimum absolute atomic E-state index is 0.0284. The first-order chi connectivity index (χ1) is 17.8. The number of hydrogen-bond acceptors (Lipinski definition) is 8. The number of amides is 1. The van der Waals surface area contributed by atoms with E-state index in [0.29, 0.717) is 5.65 Å². The maximum atomic E-state index is 13.3. The van der Waals surface area contributed by atoms with Gasteiger partial charge in [0.05, 0.1) is 23.5 Å². The smallest absolute Gasteiger partial charge is 0.341 e. The zero-order valence-electron chi connectivity index (χ0n) is 19.7. The summed E-state index contributed by atoms with van der Waals surface area (Å²) in [6.45, 7) is 1.84. The molecule has 0 spiro atoms. The standard InChI is InChI=1S/C24H20ClN5O7/c1-3-37-24(33)16-13-15-20(26-19-6-4-5-9-28(19)23(15)32)29(10-11-36-2)21(16)27-22(31)14-7-8-17(25)18(12-14)30(34)35/h4-9,12-13H,3,10-11H2,1-2H3. The number of ether oxygens (including phenoxy) is 2. The summed E-state index contributed by atoms with van der Waals surface area (Å²) in [7, 11) is 1.46. The average molecular weight is 526 g/mol. The van der Waals surface area contributed by atoms with E-state index >= 15 is 0 Å². The molecule has 3 aromatic heterocycles. The number of carbonyl (C=O) groups is 2. The molecule has 0 bridgehead atoms. The van der Waals surface area contributed by atoms with Gasteiger partial charge in [0.2, 0.25) is 0 Å². The molecule has 0 aliphatic rings. The van der Waals surface area contributed by atoms with E-state index in [2.05, 4.69) is 9.98 Å². The molecule has 4 rings (SSSR count). The number of methoxy groups -OCH3 is 1. The molecule has 0 aliphatic heterocycles. The van der Waals surface area contributed by atoms with E-state index in [-0.39, 0.29) is 52.4 Å². The minimum Gasteiger partial charge on any atom is -0.462 e. The summed E-state index contributed by atoms with van der Waals surface area (Å²) < 4.78 is 13.1. The van der Waals surface area contributed by atoms with Gasteiger partial charge in [0.1, 0.15) is 21.9 Å². The molecule has 1 aromatic carbocycles. The van der Waals surface area contributed by atoms with Crippen LogP contribution < -0.4 is 11.0 Å². The van der Waals surface area contributed by atoms with Crippen molar-refractivity contribution in [2.45, 2.75) is 13.5 Å². The van der Waals surface area contributed by atoms with Gasteiger partial charge in [-0.25, -0.2) is 9.78 Å². The number of esters is 1. The number of rotatable bonds is 7. The predicted octanol–water partition coefficient (Wildman–Crippen LogP) is 2.78. The molecule has 0 fully saturated rings. The SMILES string of the molecule is CCOC(=O)c1cc2c(=O)n3ccccc3nc2n(CCOC)c1=NC(=O)c1ccc(Cl)c([N+](=O)[O-])c1. The van der Waals surface area contributed by atoms with Crippen molar-refractivity contribution < 1.29 is 24.0 Å². The van der Waals surface area contributed by atoms with Crippen LogP contribution in [0.1, 0.15) is 27.6 Å². The fourth-order valence-corrected chi connectivity index (χ4v) is 3.88. The number of nitro groups is 1. The molecule has 190 valence electrons. The molecular weight excluding hydrogens is 506 g/mol. The Hall–Kier alpha value is -4.42. The Kier molecular flexibility index (Phi) is 7.41. The Bertz CT molecular complexity index is 1690. The second-order valence-electron chi connectivity index (χ2n) is 7.67. The molecular formula is C24H20ClN5O7. The number of halogens is 1. The number of pyridine rings is 2. The van der Waals surface area contributed by atoms with E-state index in [1.165, 1.54) is 34.3 Å². The molecule has 13 heteroatoms. The highest BCUT2D eigenvalue weighted by Gasteiger charge is 2.21. The zero-order chi connectivity index (χ0) is 26.7.